The number of hydrogen-bond acceptors (Lipinski definition) is 8. The average Bonchev–Trinajstić information content (AvgIpc) is 3.07. The zero-order chi connectivity index (χ0) is 25.9. The molecule has 12 heteroatoms. The predicted molar refractivity (Wildman–Crippen MR) is 142 cm³/mol. The van der Waals surface area contributed by atoms with Crippen molar-refractivity contribution in [3.05, 3.63) is 41.1 Å². The zero-order valence-electron chi connectivity index (χ0n) is 21.1. The van der Waals surface area contributed by atoms with Crippen LogP contribution in [-0.4, -0.2) is 79.4 Å². The van der Waals surface area contributed by atoms with Crippen molar-refractivity contribution in [1.29, 1.82) is 0 Å². The Balaban J connectivity index is 0.000000187. The maximum Gasteiger partial charge on any atom is 0.496 e. The molecule has 2 aromatic rings. The third kappa shape index (κ3) is 6.16. The van der Waals surface area contributed by atoms with E-state index >= 15 is 0 Å². The normalized spacial score (nSPS) is 20.9. The monoisotopic (exact) mass is 558 g/mol. The molecule has 10 nitrogen and oxygen atoms in total. The number of hydrogen-bond donors (Lipinski definition) is 2. The van der Waals surface area contributed by atoms with E-state index in [9.17, 15) is 9.59 Å². The summed E-state index contributed by atoms with van der Waals surface area (Å²) in [5.41, 5.74) is 0.173. The Morgan fingerprint density at radius 3 is 1.75 bits per heavy atom. The largest absolute Gasteiger partial charge is 0.496 e. The summed E-state index contributed by atoms with van der Waals surface area (Å²) in [4.78, 5) is 35.2. The molecule has 3 aliphatic rings. The van der Waals surface area contributed by atoms with Crippen LogP contribution < -0.4 is 25.9 Å². The van der Waals surface area contributed by atoms with E-state index in [1.54, 1.807) is 12.4 Å². The lowest BCUT2D eigenvalue weighted by molar-refractivity contribution is -0.121. The van der Waals surface area contributed by atoms with Crippen molar-refractivity contribution in [2.45, 2.75) is 38.9 Å². The quantitative estimate of drug-likeness (QED) is 0.539. The molecular formula is C24H32BBrN6O4. The van der Waals surface area contributed by atoms with Gasteiger partial charge < -0.3 is 29.7 Å². The molecule has 36 heavy (non-hydrogen) atoms. The lowest BCUT2D eigenvalue weighted by Crippen LogP contribution is -2.48. The Kier molecular flexibility index (Phi) is 7.86. The lowest BCUT2D eigenvalue weighted by Gasteiger charge is -2.32. The molecule has 2 N–H and O–H groups in total. The van der Waals surface area contributed by atoms with Gasteiger partial charge in [-0.2, -0.15) is 0 Å². The van der Waals surface area contributed by atoms with Crippen LogP contribution in [0.5, 0.6) is 0 Å². The first-order valence-corrected chi connectivity index (χ1v) is 12.8. The molecule has 3 aliphatic heterocycles. The van der Waals surface area contributed by atoms with Crippen LogP contribution in [0, 0.1) is 0 Å². The molecule has 0 spiro atoms. The number of nitrogens with zero attached hydrogens (tertiary/aromatic N) is 4. The van der Waals surface area contributed by atoms with Gasteiger partial charge in [-0.25, -0.2) is 9.97 Å². The second-order valence-corrected chi connectivity index (χ2v) is 10.8. The number of aromatic nitrogens is 2. The Morgan fingerprint density at radius 2 is 1.33 bits per heavy atom. The topological polar surface area (TPSA) is 109 Å². The van der Waals surface area contributed by atoms with Gasteiger partial charge in [0.1, 0.15) is 11.6 Å². The highest BCUT2D eigenvalue weighted by Crippen LogP contribution is 2.36. The van der Waals surface area contributed by atoms with Gasteiger partial charge in [-0.3, -0.25) is 9.59 Å². The summed E-state index contributed by atoms with van der Waals surface area (Å²) in [5.74, 6) is 1.74. The number of amides is 2. The summed E-state index contributed by atoms with van der Waals surface area (Å²) < 4.78 is 13.0. The predicted octanol–water partition coefficient (Wildman–Crippen LogP) is 1.10. The van der Waals surface area contributed by atoms with Crippen molar-refractivity contribution in [1.82, 2.24) is 20.6 Å². The third-order valence-electron chi connectivity index (χ3n) is 6.73. The van der Waals surface area contributed by atoms with Crippen LogP contribution in [0.4, 0.5) is 11.6 Å². The van der Waals surface area contributed by atoms with Crippen LogP contribution in [0.2, 0.25) is 0 Å². The van der Waals surface area contributed by atoms with E-state index in [4.69, 9.17) is 9.31 Å². The molecule has 3 fully saturated rings. The van der Waals surface area contributed by atoms with E-state index in [-0.39, 0.29) is 23.0 Å². The molecule has 0 radical (unpaired) electrons. The number of carbonyl (C=O) groups is 2. The number of halogens is 1. The van der Waals surface area contributed by atoms with Gasteiger partial charge in [0.25, 0.3) is 0 Å². The van der Waals surface area contributed by atoms with Crippen LogP contribution in [0.15, 0.2) is 41.1 Å². The first kappa shape index (κ1) is 26.4. The molecule has 0 unspecified atom stereocenters. The van der Waals surface area contributed by atoms with Gasteiger partial charge in [-0.15, -0.1) is 0 Å². The highest BCUT2D eigenvalue weighted by molar-refractivity contribution is 9.10. The SMILES string of the molecule is CC1(C)OB(c2ccc(N3CCNC(=O)C3)nc2)OC1(C)C.O=C1CN(c2ccc(Br)cn2)CCN1. The summed E-state index contributed by atoms with van der Waals surface area (Å²) >= 11 is 3.32. The van der Waals surface area contributed by atoms with E-state index in [1.165, 1.54) is 0 Å². The van der Waals surface area contributed by atoms with E-state index < -0.39 is 7.12 Å². The van der Waals surface area contributed by atoms with Gasteiger partial charge in [0.2, 0.25) is 11.8 Å². The number of piperazine rings is 2. The summed E-state index contributed by atoms with van der Waals surface area (Å²) in [7, 11) is -0.406. The molecule has 0 aromatic carbocycles. The van der Waals surface area contributed by atoms with Gasteiger partial charge in [-0.05, 0) is 61.8 Å². The van der Waals surface area contributed by atoms with Gasteiger partial charge in [-0.1, -0.05) is 6.07 Å². The van der Waals surface area contributed by atoms with Crippen molar-refractivity contribution >= 4 is 52.0 Å². The number of carbonyl (C=O) groups excluding carboxylic acids is 2. The smallest absolute Gasteiger partial charge is 0.399 e. The van der Waals surface area contributed by atoms with E-state index in [1.807, 2.05) is 61.8 Å². The van der Waals surface area contributed by atoms with E-state index in [0.717, 1.165) is 34.7 Å². The Labute approximate surface area is 220 Å². The minimum atomic E-state index is -0.406. The molecule has 5 rings (SSSR count). The fraction of sp³-hybridized carbons (Fsp3) is 0.500. The second-order valence-electron chi connectivity index (χ2n) is 9.92. The minimum Gasteiger partial charge on any atom is -0.399 e. The Morgan fingerprint density at radius 1 is 0.833 bits per heavy atom. The second kappa shape index (κ2) is 10.7. The molecule has 5 heterocycles. The molecule has 0 atom stereocenters. The van der Waals surface area contributed by atoms with Crippen molar-refractivity contribution in [2.24, 2.45) is 0 Å². The van der Waals surface area contributed by atoms with Crippen LogP contribution in [0.25, 0.3) is 0 Å². The van der Waals surface area contributed by atoms with E-state index in [0.29, 0.717) is 26.2 Å². The van der Waals surface area contributed by atoms with Crippen LogP contribution in [0.1, 0.15) is 27.7 Å². The third-order valence-corrected chi connectivity index (χ3v) is 7.20. The summed E-state index contributed by atoms with van der Waals surface area (Å²) in [6.45, 7) is 11.8. The van der Waals surface area contributed by atoms with Crippen LogP contribution in [0.3, 0.4) is 0 Å². The Hall–Kier alpha value is -2.70. The first-order chi connectivity index (χ1) is 17.0. The highest BCUT2D eigenvalue weighted by Gasteiger charge is 2.51. The fourth-order valence-corrected chi connectivity index (χ4v) is 4.16. The van der Waals surface area contributed by atoms with Crippen LogP contribution >= 0.6 is 15.9 Å². The number of rotatable bonds is 3. The first-order valence-electron chi connectivity index (χ1n) is 12.0. The maximum absolute atomic E-state index is 11.4. The lowest BCUT2D eigenvalue weighted by atomic mass is 9.80. The molecule has 0 saturated carbocycles. The number of pyridine rings is 2. The van der Waals surface area contributed by atoms with E-state index in [2.05, 4.69) is 36.5 Å². The van der Waals surface area contributed by atoms with Crippen LogP contribution in [-0.2, 0) is 18.9 Å². The minimum absolute atomic E-state index is 0.0306. The number of nitrogens with one attached hydrogen (secondary N) is 2. The highest BCUT2D eigenvalue weighted by atomic mass is 79.9. The molecule has 3 saturated heterocycles. The summed E-state index contributed by atoms with van der Waals surface area (Å²) in [5, 5.41) is 5.58. The molecule has 0 aliphatic carbocycles. The van der Waals surface area contributed by atoms with Gasteiger partial charge in [0.15, 0.2) is 0 Å². The van der Waals surface area contributed by atoms with Gasteiger partial charge >= 0.3 is 7.12 Å². The van der Waals surface area contributed by atoms with Crippen molar-refractivity contribution in [3.63, 3.8) is 0 Å². The van der Waals surface area contributed by atoms with Crippen molar-refractivity contribution < 1.29 is 18.9 Å². The fourth-order valence-electron chi connectivity index (χ4n) is 3.93. The average molecular weight is 559 g/mol. The Bertz CT molecular complexity index is 1070. The van der Waals surface area contributed by atoms with Gasteiger partial charge in [0.05, 0.1) is 24.3 Å². The van der Waals surface area contributed by atoms with Crippen molar-refractivity contribution in [3.8, 4) is 0 Å². The standard InChI is InChI=1S/C15H22BN3O3.C9H10BrN3O/c1-14(2)15(3,4)22-16(21-14)11-5-6-12(18-9-11)19-8-7-17-13(20)10-19;10-7-1-2-8(12-5-7)13-4-3-11-9(14)6-13/h5-6,9H,7-8,10H2,1-4H3,(H,17,20);1-2,5H,3-4,6H2,(H,11,14). The molecule has 0 bridgehead atoms. The molecule has 2 amide bonds. The summed E-state index contributed by atoms with van der Waals surface area (Å²) in [6.07, 6.45) is 3.51. The van der Waals surface area contributed by atoms with Crippen molar-refractivity contribution in [2.75, 3.05) is 49.1 Å². The maximum atomic E-state index is 11.4. The molecule has 192 valence electrons. The summed E-state index contributed by atoms with van der Waals surface area (Å²) in [6, 6.07) is 7.70. The van der Waals surface area contributed by atoms with Gasteiger partial charge in [0, 0.05) is 48.5 Å². The molecule has 2 aromatic heterocycles. The zero-order valence-corrected chi connectivity index (χ0v) is 22.7. The molecular weight excluding hydrogens is 527 g/mol. The number of anilines is 2.